The number of anilines is 1. The van der Waals surface area contributed by atoms with E-state index in [1.807, 2.05) is 19.1 Å². The molecule has 0 saturated carbocycles. The van der Waals surface area contributed by atoms with E-state index < -0.39 is 9.84 Å². The smallest absolute Gasteiger partial charge is 0.260 e. The zero-order chi connectivity index (χ0) is 22.8. The van der Waals surface area contributed by atoms with E-state index in [9.17, 15) is 13.2 Å². The van der Waals surface area contributed by atoms with Crippen molar-refractivity contribution in [3.8, 4) is 0 Å². The van der Waals surface area contributed by atoms with Crippen LogP contribution in [0.1, 0.15) is 29.8 Å². The van der Waals surface area contributed by atoms with Crippen LogP contribution in [0, 0.1) is 6.92 Å². The third-order valence-corrected chi connectivity index (χ3v) is 7.51. The van der Waals surface area contributed by atoms with Crippen molar-refractivity contribution < 1.29 is 13.2 Å². The molecule has 3 rings (SSSR count). The number of carbonyl (C=O) groups excluding carboxylic acids is 1. The minimum Gasteiger partial charge on any atom is -0.302 e. The zero-order valence-electron chi connectivity index (χ0n) is 18.5. The van der Waals surface area contributed by atoms with Crippen molar-refractivity contribution in [2.24, 2.45) is 0 Å². The van der Waals surface area contributed by atoms with Gasteiger partial charge in [0.15, 0.2) is 15.0 Å². The molecule has 1 aromatic heterocycles. The Morgan fingerprint density at radius 1 is 1.12 bits per heavy atom. The number of amides is 1. The molecule has 0 unspecified atom stereocenters. The summed E-state index contributed by atoms with van der Waals surface area (Å²) in [7, 11) is -3.42. The molecule has 0 aliphatic rings. The number of likely N-dealkylation sites (N-methyl/N-ethyl adjacent to an activating group) is 1. The highest BCUT2D eigenvalue weighted by atomic mass is 35.5. The largest absolute Gasteiger partial charge is 0.302 e. The van der Waals surface area contributed by atoms with Crippen molar-refractivity contribution in [3.63, 3.8) is 0 Å². The number of halogens is 2. The second kappa shape index (κ2) is 10.9. The van der Waals surface area contributed by atoms with Crippen LogP contribution in [0.2, 0.25) is 5.02 Å². The van der Waals surface area contributed by atoms with Crippen LogP contribution in [0.25, 0.3) is 10.2 Å². The van der Waals surface area contributed by atoms with Gasteiger partial charge in [0, 0.05) is 29.9 Å². The van der Waals surface area contributed by atoms with E-state index in [4.69, 9.17) is 16.6 Å². The van der Waals surface area contributed by atoms with Gasteiger partial charge < -0.3 is 4.90 Å². The minimum absolute atomic E-state index is 0. The molecule has 0 spiro atoms. The Morgan fingerprint density at radius 3 is 2.44 bits per heavy atom. The summed E-state index contributed by atoms with van der Waals surface area (Å²) >= 11 is 7.61. The first-order valence-corrected chi connectivity index (χ1v) is 13.1. The molecule has 0 N–H and O–H groups in total. The Labute approximate surface area is 204 Å². The Balaban J connectivity index is 0.00000363. The summed E-state index contributed by atoms with van der Waals surface area (Å²) in [6, 6.07) is 9.85. The lowest BCUT2D eigenvalue weighted by molar-refractivity contribution is 0.0983. The number of rotatable bonds is 8. The monoisotopic (exact) mass is 515 g/mol. The molecule has 0 bridgehead atoms. The topological polar surface area (TPSA) is 70.6 Å². The first kappa shape index (κ1) is 26.5. The third kappa shape index (κ3) is 5.99. The van der Waals surface area contributed by atoms with Crippen molar-refractivity contribution in [1.29, 1.82) is 0 Å². The van der Waals surface area contributed by atoms with Crippen molar-refractivity contribution in [2.45, 2.75) is 25.7 Å². The quantitative estimate of drug-likeness (QED) is 0.418. The normalized spacial score (nSPS) is 11.6. The number of sulfone groups is 1. The lowest BCUT2D eigenvalue weighted by Gasteiger charge is -2.25. The maximum absolute atomic E-state index is 13.5. The molecule has 0 aliphatic carbocycles. The number of benzene rings is 2. The standard InChI is InChI=1S/C22H26ClN3O3S2.ClH/c1-5-25(6-2)10-11-26(21(27)16-8-7-9-18(13-16)31(4,28)29)22-24-20-15(3)12-17(23)14-19(20)30-22;/h7-9,12-14H,5-6,10-11H2,1-4H3;1H. The van der Waals surface area contributed by atoms with Crippen molar-refractivity contribution in [1.82, 2.24) is 9.88 Å². The molecule has 174 valence electrons. The first-order valence-electron chi connectivity index (χ1n) is 10.0. The predicted octanol–water partition coefficient (Wildman–Crippen LogP) is 5.07. The molecule has 1 amide bonds. The Morgan fingerprint density at radius 2 is 1.81 bits per heavy atom. The van der Waals surface area contributed by atoms with Crippen molar-refractivity contribution in [2.75, 3.05) is 37.3 Å². The fourth-order valence-corrected chi connectivity index (χ4v) is 5.45. The van der Waals surface area contributed by atoms with Gasteiger partial charge in [0.2, 0.25) is 0 Å². The van der Waals surface area contributed by atoms with Crippen LogP contribution < -0.4 is 4.90 Å². The van der Waals surface area contributed by atoms with Gasteiger partial charge in [0.25, 0.3) is 5.91 Å². The third-order valence-electron chi connectivity index (χ3n) is 5.16. The first-order chi connectivity index (χ1) is 14.6. The van der Waals surface area contributed by atoms with E-state index in [1.165, 1.54) is 23.5 Å². The highest BCUT2D eigenvalue weighted by molar-refractivity contribution is 7.90. The lowest BCUT2D eigenvalue weighted by atomic mass is 10.2. The molecule has 10 heteroatoms. The van der Waals surface area contributed by atoms with E-state index in [1.54, 1.807) is 17.0 Å². The van der Waals surface area contributed by atoms with Crippen LogP contribution in [-0.4, -0.2) is 56.6 Å². The Hall–Kier alpha value is -1.71. The van der Waals surface area contributed by atoms with Crippen LogP contribution in [0.5, 0.6) is 0 Å². The highest BCUT2D eigenvalue weighted by Gasteiger charge is 2.23. The number of hydrogen-bond acceptors (Lipinski definition) is 6. The molecule has 32 heavy (non-hydrogen) atoms. The van der Waals surface area contributed by atoms with Crippen LogP contribution in [0.4, 0.5) is 5.13 Å². The van der Waals surface area contributed by atoms with Crippen LogP contribution >= 0.6 is 35.3 Å². The zero-order valence-corrected chi connectivity index (χ0v) is 21.7. The SMILES string of the molecule is CCN(CC)CCN(C(=O)c1cccc(S(C)(=O)=O)c1)c1nc2c(C)cc(Cl)cc2s1.Cl. The lowest BCUT2D eigenvalue weighted by Crippen LogP contribution is -2.39. The maximum atomic E-state index is 13.5. The molecule has 1 heterocycles. The summed E-state index contributed by atoms with van der Waals surface area (Å²) in [5.74, 6) is -0.277. The number of aromatic nitrogens is 1. The van der Waals surface area contributed by atoms with Gasteiger partial charge in [-0.2, -0.15) is 0 Å². The number of thiazole rings is 1. The average molecular weight is 517 g/mol. The van der Waals surface area contributed by atoms with Crippen LogP contribution in [0.3, 0.4) is 0 Å². The van der Waals surface area contributed by atoms with Gasteiger partial charge in [-0.05, 0) is 55.9 Å². The number of nitrogens with zero attached hydrogens (tertiary/aromatic N) is 3. The molecule has 6 nitrogen and oxygen atoms in total. The maximum Gasteiger partial charge on any atom is 0.260 e. The summed E-state index contributed by atoms with van der Waals surface area (Å²) in [5, 5.41) is 1.20. The summed E-state index contributed by atoms with van der Waals surface area (Å²) in [6.07, 6.45) is 1.13. The second-order valence-corrected chi connectivity index (χ2v) is 10.8. The molecular formula is C22H27Cl2N3O3S2. The predicted molar refractivity (Wildman–Crippen MR) is 136 cm³/mol. The number of fused-ring (bicyclic) bond motifs is 1. The van der Waals surface area contributed by atoms with Crippen LogP contribution in [-0.2, 0) is 9.84 Å². The average Bonchev–Trinajstić information content (AvgIpc) is 3.14. The van der Waals surface area contributed by atoms with Gasteiger partial charge in [-0.1, -0.05) is 42.9 Å². The highest BCUT2D eigenvalue weighted by Crippen LogP contribution is 2.33. The van der Waals surface area contributed by atoms with E-state index in [0.717, 1.165) is 35.1 Å². The van der Waals surface area contributed by atoms with Gasteiger partial charge in [-0.3, -0.25) is 9.69 Å². The molecular weight excluding hydrogens is 489 g/mol. The molecule has 3 aromatic rings. The number of aryl methyl sites for hydroxylation is 1. The van der Waals surface area contributed by atoms with Gasteiger partial charge in [0.1, 0.15) is 0 Å². The molecule has 0 fully saturated rings. The van der Waals surface area contributed by atoms with E-state index in [0.29, 0.717) is 28.8 Å². The minimum atomic E-state index is -3.42. The van der Waals surface area contributed by atoms with Crippen molar-refractivity contribution in [3.05, 3.63) is 52.5 Å². The second-order valence-electron chi connectivity index (χ2n) is 7.35. The summed E-state index contributed by atoms with van der Waals surface area (Å²) < 4.78 is 24.9. The summed E-state index contributed by atoms with van der Waals surface area (Å²) in [6.45, 7) is 8.96. The summed E-state index contributed by atoms with van der Waals surface area (Å²) in [4.78, 5) is 22.2. The molecule has 0 radical (unpaired) electrons. The molecule has 2 aromatic carbocycles. The Bertz CT molecular complexity index is 1210. The molecule has 0 saturated heterocycles. The fraction of sp³-hybridized carbons (Fsp3) is 0.364. The van der Waals surface area contributed by atoms with Gasteiger partial charge >= 0.3 is 0 Å². The van der Waals surface area contributed by atoms with Gasteiger partial charge in [-0.15, -0.1) is 12.4 Å². The van der Waals surface area contributed by atoms with E-state index >= 15 is 0 Å². The van der Waals surface area contributed by atoms with E-state index in [2.05, 4.69) is 18.7 Å². The number of carbonyl (C=O) groups is 1. The fourth-order valence-electron chi connectivity index (χ4n) is 3.34. The summed E-state index contributed by atoms with van der Waals surface area (Å²) in [5.41, 5.74) is 2.08. The molecule has 0 aliphatic heterocycles. The molecule has 0 atom stereocenters. The Kier molecular flexibility index (Phi) is 9.07. The van der Waals surface area contributed by atoms with Gasteiger partial charge in [0.05, 0.1) is 15.1 Å². The van der Waals surface area contributed by atoms with Gasteiger partial charge in [-0.25, -0.2) is 13.4 Å². The van der Waals surface area contributed by atoms with Crippen molar-refractivity contribution >= 4 is 66.4 Å². The number of hydrogen-bond donors (Lipinski definition) is 0. The van der Waals surface area contributed by atoms with Crippen LogP contribution in [0.15, 0.2) is 41.3 Å². The van der Waals surface area contributed by atoms with E-state index in [-0.39, 0.29) is 23.2 Å².